The third kappa shape index (κ3) is 2.87. The van der Waals surface area contributed by atoms with Crippen LogP contribution in [-0.2, 0) is 0 Å². The number of nitrogens with zero attached hydrogens (tertiary/aromatic N) is 3. The van der Waals surface area contributed by atoms with Gasteiger partial charge in [0.05, 0.1) is 24.2 Å². The largest absolute Gasteiger partial charge is 0.477 e. The first-order valence-corrected chi connectivity index (χ1v) is 9.38. The fraction of sp³-hybridized carbons (Fsp3) is 0.381. The summed E-state index contributed by atoms with van der Waals surface area (Å²) in [4.78, 5) is 13.6. The smallest absolute Gasteiger partial charge is 0.224 e. The van der Waals surface area contributed by atoms with E-state index in [1.807, 2.05) is 24.3 Å². The Morgan fingerprint density at radius 1 is 0.731 bits per heavy atom. The summed E-state index contributed by atoms with van der Waals surface area (Å²) in [6.07, 6.45) is 5.77. The van der Waals surface area contributed by atoms with Crippen molar-refractivity contribution in [1.82, 2.24) is 15.0 Å². The van der Waals surface area contributed by atoms with E-state index in [2.05, 4.69) is 23.8 Å². The number of hydrogen-bond donors (Lipinski definition) is 0. The molecule has 0 amide bonds. The van der Waals surface area contributed by atoms with Gasteiger partial charge >= 0.3 is 0 Å². The molecule has 26 heavy (non-hydrogen) atoms. The van der Waals surface area contributed by atoms with Crippen LogP contribution < -0.4 is 9.47 Å². The third-order valence-electron chi connectivity index (χ3n) is 4.65. The van der Waals surface area contributed by atoms with Crippen LogP contribution in [0.25, 0.3) is 32.6 Å². The monoisotopic (exact) mass is 349 g/mol. The molecule has 0 spiro atoms. The van der Waals surface area contributed by atoms with Crippen LogP contribution in [0.3, 0.4) is 0 Å². The summed E-state index contributed by atoms with van der Waals surface area (Å²) in [5, 5.41) is 4.11. The van der Waals surface area contributed by atoms with Crippen LogP contribution in [0.2, 0.25) is 0 Å². The maximum absolute atomic E-state index is 6.02. The summed E-state index contributed by atoms with van der Waals surface area (Å²) >= 11 is 0. The van der Waals surface area contributed by atoms with Gasteiger partial charge in [-0.1, -0.05) is 26.7 Å². The Labute approximate surface area is 152 Å². The molecule has 0 bridgehead atoms. The van der Waals surface area contributed by atoms with Gasteiger partial charge in [-0.05, 0) is 37.1 Å². The molecule has 0 aliphatic heterocycles. The summed E-state index contributed by atoms with van der Waals surface area (Å²) in [6, 6.07) is 8.11. The molecule has 0 aliphatic carbocycles. The highest BCUT2D eigenvalue weighted by Gasteiger charge is 2.18. The lowest BCUT2D eigenvalue weighted by molar-refractivity contribution is 0.278. The standard InChI is InChI=1S/C21H23N3O2/c1-3-5-11-25-20-14-7-9-16-19-17(23-13-22-16)10-8-15(18(14)19)21(24-20)26-12-6-4-2/h7-10,13H,3-6,11-12H2,1-2H3. The van der Waals surface area contributed by atoms with E-state index in [0.717, 1.165) is 58.3 Å². The molecule has 0 unspecified atom stereocenters. The van der Waals surface area contributed by atoms with Crippen LogP contribution in [0.4, 0.5) is 0 Å². The average Bonchev–Trinajstić information content (AvgIpc) is 2.68. The zero-order valence-corrected chi connectivity index (χ0v) is 15.3. The minimum Gasteiger partial charge on any atom is -0.477 e. The van der Waals surface area contributed by atoms with E-state index in [4.69, 9.17) is 14.5 Å². The van der Waals surface area contributed by atoms with Crippen molar-refractivity contribution in [3.05, 3.63) is 30.6 Å². The number of ether oxygens (including phenoxy) is 2. The van der Waals surface area contributed by atoms with E-state index in [0.29, 0.717) is 25.0 Å². The van der Waals surface area contributed by atoms with Gasteiger partial charge in [-0.25, -0.2) is 9.97 Å². The number of hydrogen-bond acceptors (Lipinski definition) is 5. The molecule has 0 saturated carbocycles. The van der Waals surface area contributed by atoms with Gasteiger partial charge in [0.2, 0.25) is 11.8 Å². The van der Waals surface area contributed by atoms with Crippen LogP contribution in [0.1, 0.15) is 39.5 Å². The Balaban J connectivity index is 1.94. The normalized spacial score (nSPS) is 11.6. The zero-order valence-electron chi connectivity index (χ0n) is 15.3. The topological polar surface area (TPSA) is 57.1 Å². The quantitative estimate of drug-likeness (QED) is 0.326. The zero-order chi connectivity index (χ0) is 17.9. The van der Waals surface area contributed by atoms with E-state index in [9.17, 15) is 0 Å². The summed E-state index contributed by atoms with van der Waals surface area (Å²) in [7, 11) is 0. The molecule has 134 valence electrons. The van der Waals surface area contributed by atoms with Crippen molar-refractivity contribution >= 4 is 32.6 Å². The minimum atomic E-state index is 0.635. The van der Waals surface area contributed by atoms with Crippen LogP contribution in [-0.4, -0.2) is 28.2 Å². The molecule has 5 heteroatoms. The fourth-order valence-corrected chi connectivity index (χ4v) is 3.24. The van der Waals surface area contributed by atoms with E-state index in [-0.39, 0.29) is 0 Å². The summed E-state index contributed by atoms with van der Waals surface area (Å²) < 4.78 is 12.0. The van der Waals surface area contributed by atoms with Crippen LogP contribution in [0.15, 0.2) is 30.6 Å². The first-order valence-electron chi connectivity index (χ1n) is 9.38. The van der Waals surface area contributed by atoms with Gasteiger partial charge in [0, 0.05) is 21.5 Å². The van der Waals surface area contributed by atoms with E-state index in [1.165, 1.54) is 0 Å². The van der Waals surface area contributed by atoms with Gasteiger partial charge < -0.3 is 9.47 Å². The maximum Gasteiger partial charge on any atom is 0.224 e. The van der Waals surface area contributed by atoms with Gasteiger partial charge in [-0.2, -0.15) is 4.98 Å². The Bertz CT molecular complexity index is 957. The number of unbranched alkanes of at least 4 members (excludes halogenated alkanes) is 2. The first kappa shape index (κ1) is 16.8. The molecule has 0 saturated heterocycles. The Kier molecular flexibility index (Phi) is 4.69. The predicted molar refractivity (Wildman–Crippen MR) is 104 cm³/mol. The molecule has 2 aromatic carbocycles. The molecular weight excluding hydrogens is 326 g/mol. The van der Waals surface area contributed by atoms with Gasteiger partial charge in [-0.15, -0.1) is 0 Å². The van der Waals surface area contributed by atoms with Gasteiger partial charge in [-0.3, -0.25) is 0 Å². The van der Waals surface area contributed by atoms with Gasteiger partial charge in [0.25, 0.3) is 0 Å². The molecule has 4 aromatic rings. The molecule has 0 N–H and O–H groups in total. The lowest BCUT2D eigenvalue weighted by Gasteiger charge is -2.16. The van der Waals surface area contributed by atoms with Crippen LogP contribution in [0.5, 0.6) is 11.8 Å². The second-order valence-electron chi connectivity index (χ2n) is 6.51. The van der Waals surface area contributed by atoms with Crippen LogP contribution >= 0.6 is 0 Å². The molecule has 0 fully saturated rings. The highest BCUT2D eigenvalue weighted by Crippen LogP contribution is 2.40. The fourth-order valence-electron chi connectivity index (χ4n) is 3.24. The van der Waals surface area contributed by atoms with Crippen molar-refractivity contribution < 1.29 is 9.47 Å². The van der Waals surface area contributed by atoms with Crippen molar-refractivity contribution in [2.24, 2.45) is 0 Å². The summed E-state index contributed by atoms with van der Waals surface area (Å²) in [6.45, 7) is 5.60. The number of aromatic nitrogens is 3. The SMILES string of the molecule is CCCCOc1nc(OCCCC)c2ccc3ncnc4ccc1c2c43. The van der Waals surface area contributed by atoms with Crippen molar-refractivity contribution in [3.63, 3.8) is 0 Å². The number of benzene rings is 2. The van der Waals surface area contributed by atoms with Gasteiger partial charge in [0.15, 0.2) is 0 Å². The Morgan fingerprint density at radius 2 is 1.27 bits per heavy atom. The van der Waals surface area contributed by atoms with Crippen LogP contribution in [0, 0.1) is 0 Å². The maximum atomic E-state index is 6.02. The molecule has 0 radical (unpaired) electrons. The first-order chi connectivity index (χ1) is 12.8. The lowest BCUT2D eigenvalue weighted by Crippen LogP contribution is -2.04. The highest BCUT2D eigenvalue weighted by molar-refractivity contribution is 6.23. The number of pyridine rings is 1. The molecule has 2 aromatic heterocycles. The van der Waals surface area contributed by atoms with Crippen molar-refractivity contribution in [2.75, 3.05) is 13.2 Å². The van der Waals surface area contributed by atoms with Gasteiger partial charge in [0.1, 0.15) is 6.33 Å². The molecular formula is C21H23N3O2. The van der Waals surface area contributed by atoms with Crippen molar-refractivity contribution in [1.29, 1.82) is 0 Å². The van der Waals surface area contributed by atoms with E-state index < -0.39 is 0 Å². The predicted octanol–water partition coefficient (Wildman–Crippen LogP) is 5.13. The Morgan fingerprint density at radius 3 is 1.77 bits per heavy atom. The molecule has 0 aliphatic rings. The minimum absolute atomic E-state index is 0.635. The highest BCUT2D eigenvalue weighted by atomic mass is 16.5. The van der Waals surface area contributed by atoms with E-state index >= 15 is 0 Å². The Hall–Kier alpha value is -2.69. The summed E-state index contributed by atoms with van der Waals surface area (Å²) in [5.74, 6) is 1.27. The number of rotatable bonds is 8. The lowest BCUT2D eigenvalue weighted by atomic mass is 10.0. The molecule has 0 atom stereocenters. The van der Waals surface area contributed by atoms with Crippen molar-refractivity contribution in [3.8, 4) is 11.8 Å². The third-order valence-corrected chi connectivity index (χ3v) is 4.65. The average molecular weight is 349 g/mol. The molecule has 4 rings (SSSR count). The van der Waals surface area contributed by atoms with Crippen molar-refractivity contribution in [2.45, 2.75) is 39.5 Å². The second-order valence-corrected chi connectivity index (χ2v) is 6.51. The molecule has 2 heterocycles. The summed E-state index contributed by atoms with van der Waals surface area (Å²) in [5.41, 5.74) is 1.86. The second kappa shape index (κ2) is 7.28. The molecule has 5 nitrogen and oxygen atoms in total. The van der Waals surface area contributed by atoms with E-state index in [1.54, 1.807) is 6.33 Å².